The largest absolute Gasteiger partial charge is 0.394 e. The van der Waals surface area contributed by atoms with Gasteiger partial charge in [-0.3, -0.25) is 14.4 Å². The van der Waals surface area contributed by atoms with Gasteiger partial charge in [-0.25, -0.2) is 0 Å². The van der Waals surface area contributed by atoms with Crippen LogP contribution in [0.5, 0.6) is 0 Å². The van der Waals surface area contributed by atoms with E-state index in [1.54, 1.807) is 6.08 Å². The molecule has 37 atom stereocenters. The van der Waals surface area contributed by atoms with Crippen molar-refractivity contribution in [1.82, 2.24) is 16.0 Å². The van der Waals surface area contributed by atoms with Gasteiger partial charge in [0, 0.05) is 20.3 Å². The highest BCUT2D eigenvalue weighted by molar-refractivity contribution is 5.76. The van der Waals surface area contributed by atoms with E-state index >= 15 is 0 Å². The van der Waals surface area contributed by atoms with E-state index in [-0.39, 0.29) is 12.3 Å². The van der Waals surface area contributed by atoms with E-state index in [0.29, 0.717) is 12.8 Å². The fourth-order valence-electron chi connectivity index (χ4n) is 17.2. The Bertz CT molecular complexity index is 2990. The monoisotopic (exact) mass is 1820 g/mol. The van der Waals surface area contributed by atoms with Crippen molar-refractivity contribution in [3.05, 3.63) is 12.2 Å². The topological polar surface area (TPSA) is 621 Å². The van der Waals surface area contributed by atoms with E-state index in [4.69, 9.17) is 66.3 Å². The summed E-state index contributed by atoms with van der Waals surface area (Å²) in [6, 6.07) is -4.88. The number of carbonyl (C=O) groups is 3. The number of amides is 3. The third-order valence-electron chi connectivity index (χ3n) is 24.8. The van der Waals surface area contributed by atoms with Crippen LogP contribution in [0.1, 0.15) is 240 Å². The van der Waals surface area contributed by atoms with Crippen LogP contribution in [-0.4, -0.2) is 393 Å². The summed E-state index contributed by atoms with van der Waals surface area (Å²) in [6.07, 6.45) is -27.2. The molecule has 23 N–H and O–H groups in total. The molecule has 7 aliphatic heterocycles. The van der Waals surface area contributed by atoms with Crippen molar-refractivity contribution in [2.45, 2.75) is 467 Å². The molecule has 0 radical (unpaired) electrons. The molecule has 0 aromatic rings. The van der Waals surface area contributed by atoms with Gasteiger partial charge in [-0.15, -0.1) is 0 Å². The quantitative estimate of drug-likeness (QED) is 0.0231. The van der Waals surface area contributed by atoms with Crippen LogP contribution in [0.3, 0.4) is 0 Å². The number of carbonyl (C=O) groups excluding carboxylic acids is 3. The Morgan fingerprint density at radius 2 is 0.643 bits per heavy atom. The average molecular weight is 1820 g/mol. The standard InChI is InChI=1S/C86H155N3O37/c1-6-8-10-12-14-16-18-20-21-22-23-24-25-27-29-31-33-35-37-39-58(99)89-50(51(98)38-36-34-32-30-28-26-19-17-15-13-11-9-7-2)46-113-82-71(110)68(107)74(56(44-94)120-82)121-85-72(111)78(64(103)54(42-92)117-85)126-81-60(88-49(5)97)77(124-83-69(108)66(105)61(100)47(3)114-83)75(57(45-95)119-81)122-86-73(112)79(65(104)55(43-93)118-86)125-80-59(87-48(4)96)76(63(102)53(41-91)115-80)123-84-70(109)67(106)62(101)52(40-90)116-84/h36,38,47,50-57,59-86,90-95,98,100-112H,6-35,37,39-46H2,1-5H3,(H,87,96)(H,88,97)(H,89,99)/b38-36+/t47?,50-,51+,52?,53?,54?,55?,56?,57?,59?,60?,61+,62-,63+,64-,65-,66?,67-,68+,69-,70?,71?,72?,73?,74+,75+,76+,77+,78-,79-,80-,81-,82+,83+,84-,85-,86-/m0/s1. The van der Waals surface area contributed by atoms with Gasteiger partial charge in [0.1, 0.15) is 165 Å². The summed E-state index contributed by atoms with van der Waals surface area (Å²) >= 11 is 0. The number of allylic oxidation sites excluding steroid dienone is 1. The Kier molecular flexibility index (Phi) is 50.7. The van der Waals surface area contributed by atoms with Crippen molar-refractivity contribution in [2.24, 2.45) is 0 Å². The van der Waals surface area contributed by atoms with Crippen LogP contribution < -0.4 is 16.0 Å². The molecule has 0 bridgehead atoms. The number of aliphatic hydroxyl groups excluding tert-OH is 20. The maximum absolute atomic E-state index is 13.7. The lowest BCUT2D eigenvalue weighted by atomic mass is 9.93. The predicted molar refractivity (Wildman–Crippen MR) is 443 cm³/mol. The number of hydrogen-bond donors (Lipinski definition) is 23. The van der Waals surface area contributed by atoms with Crippen LogP contribution in [0.2, 0.25) is 0 Å². The van der Waals surface area contributed by atoms with Crippen molar-refractivity contribution < 1.29 is 183 Å². The van der Waals surface area contributed by atoms with E-state index < -0.39 is 285 Å². The molecule has 0 aromatic carbocycles. The van der Waals surface area contributed by atoms with E-state index in [9.17, 15) is 117 Å². The lowest BCUT2D eigenvalue weighted by molar-refractivity contribution is -0.397. The number of nitrogens with one attached hydrogen (secondary N) is 3. The van der Waals surface area contributed by atoms with Crippen LogP contribution in [0.25, 0.3) is 0 Å². The zero-order valence-corrected chi connectivity index (χ0v) is 74.0. The zero-order chi connectivity index (χ0) is 92.1. The van der Waals surface area contributed by atoms with E-state index in [1.165, 1.54) is 142 Å². The molecule has 0 spiro atoms. The van der Waals surface area contributed by atoms with Crippen LogP contribution in [0, 0.1) is 0 Å². The molecule has 7 rings (SSSR count). The Morgan fingerprint density at radius 1 is 0.325 bits per heavy atom. The van der Waals surface area contributed by atoms with Gasteiger partial charge < -0.3 is 184 Å². The number of hydrogen-bond acceptors (Lipinski definition) is 37. The highest BCUT2D eigenvalue weighted by atomic mass is 16.8. The second-order valence-electron chi connectivity index (χ2n) is 34.9. The van der Waals surface area contributed by atoms with Gasteiger partial charge in [-0.05, 0) is 26.2 Å². The van der Waals surface area contributed by atoms with E-state index in [2.05, 4.69) is 29.8 Å². The fourth-order valence-corrected chi connectivity index (χ4v) is 17.2. The molecule has 0 aliphatic carbocycles. The summed E-state index contributed by atoms with van der Waals surface area (Å²) in [6.45, 7) is 0.893. The molecule has 40 heteroatoms. The number of ether oxygens (including phenoxy) is 14. The predicted octanol–water partition coefficient (Wildman–Crippen LogP) is -2.01. The molecule has 40 nitrogen and oxygen atoms in total. The van der Waals surface area contributed by atoms with Crippen LogP contribution in [0.4, 0.5) is 0 Å². The first-order chi connectivity index (χ1) is 60.5. The maximum atomic E-state index is 13.7. The summed E-state index contributed by atoms with van der Waals surface area (Å²) in [5, 5.41) is 233. The van der Waals surface area contributed by atoms with Crippen molar-refractivity contribution in [3.63, 3.8) is 0 Å². The molecular weight excluding hydrogens is 1670 g/mol. The normalized spacial score (nSPS) is 38.1. The van der Waals surface area contributed by atoms with Gasteiger partial charge in [-0.2, -0.15) is 0 Å². The third-order valence-corrected chi connectivity index (χ3v) is 24.8. The Balaban J connectivity index is 1.05. The first-order valence-electron chi connectivity index (χ1n) is 46.3. The molecule has 126 heavy (non-hydrogen) atoms. The zero-order valence-electron chi connectivity index (χ0n) is 74.0. The number of aliphatic hydroxyl groups is 20. The van der Waals surface area contributed by atoms with Gasteiger partial charge in [0.05, 0.1) is 64.5 Å². The van der Waals surface area contributed by atoms with Crippen LogP contribution in [-0.2, 0) is 80.7 Å². The van der Waals surface area contributed by atoms with E-state index in [1.807, 2.05) is 6.08 Å². The van der Waals surface area contributed by atoms with Gasteiger partial charge in [-0.1, -0.05) is 206 Å². The Hall–Kier alpha value is -3.21. The molecule has 3 amide bonds. The maximum Gasteiger partial charge on any atom is 0.220 e. The fraction of sp³-hybridized carbons (Fsp3) is 0.942. The summed E-state index contributed by atoms with van der Waals surface area (Å²) in [4.78, 5) is 40.2. The SMILES string of the molecule is CCCCCCCCCCCCC/C=C/[C@@H](O)[C@H](CO[C@@H]1OC(CO)[C@@H](O[C@@H]2OC(CO)[C@H](O)[C@H](O[C@@H]3OC(CO)[C@@H](O[C@@H]4OC(CO)[C@H](O)[C@H](O[C@@H]5OC(CO)[C@@H](O)[C@H](O[C@@H]6OC(CO)[C@H](O)[C@H](O)C6O)C5NC(C)=O)C4O)[C@H](O[C@H]4OC(C)[C@@H](O)C(O)[C@@H]4O)C3NC(C)=O)C2O)[C@H](O)C1O)NC(=O)CCCCCCCCCCCCCCCCCCCCC. The van der Waals surface area contributed by atoms with Crippen molar-refractivity contribution in [1.29, 1.82) is 0 Å². The highest BCUT2D eigenvalue weighted by Gasteiger charge is 2.60. The second-order valence-corrected chi connectivity index (χ2v) is 34.9. The van der Waals surface area contributed by atoms with Gasteiger partial charge in [0.2, 0.25) is 17.7 Å². The first kappa shape index (κ1) is 110. The molecule has 0 saturated carbocycles. The van der Waals surface area contributed by atoms with Gasteiger partial charge in [0.15, 0.2) is 44.0 Å². The van der Waals surface area contributed by atoms with Crippen LogP contribution in [0.15, 0.2) is 12.2 Å². The number of unbranched alkanes of at least 4 members (excludes halogenated alkanes) is 29. The van der Waals surface area contributed by atoms with Crippen molar-refractivity contribution >= 4 is 17.7 Å². The molecule has 736 valence electrons. The van der Waals surface area contributed by atoms with Crippen molar-refractivity contribution in [2.75, 3.05) is 46.2 Å². The van der Waals surface area contributed by atoms with Crippen molar-refractivity contribution in [3.8, 4) is 0 Å². The molecule has 7 fully saturated rings. The molecule has 14 unspecified atom stereocenters. The first-order valence-corrected chi connectivity index (χ1v) is 46.3. The number of rotatable bonds is 58. The Morgan fingerprint density at radius 3 is 1.08 bits per heavy atom. The van der Waals surface area contributed by atoms with Gasteiger partial charge >= 0.3 is 0 Å². The average Bonchev–Trinajstić information content (AvgIpc) is 0.760. The minimum Gasteiger partial charge on any atom is -0.394 e. The smallest absolute Gasteiger partial charge is 0.220 e. The summed E-state index contributed by atoms with van der Waals surface area (Å²) in [5.74, 6) is -2.19. The summed E-state index contributed by atoms with van der Waals surface area (Å²) in [7, 11) is 0. The molecule has 7 heterocycles. The minimum absolute atomic E-state index is 0.153. The third kappa shape index (κ3) is 32.8. The Labute approximate surface area is 739 Å². The highest BCUT2D eigenvalue weighted by Crippen LogP contribution is 2.40. The van der Waals surface area contributed by atoms with E-state index in [0.717, 1.165) is 65.2 Å². The molecule has 7 saturated heterocycles. The summed E-state index contributed by atoms with van der Waals surface area (Å²) < 4.78 is 84.6. The lowest BCUT2D eigenvalue weighted by Gasteiger charge is -2.52. The molecule has 7 aliphatic rings. The minimum atomic E-state index is -2.37. The summed E-state index contributed by atoms with van der Waals surface area (Å²) in [5.41, 5.74) is 0. The second kappa shape index (κ2) is 58.2. The molecule has 0 aromatic heterocycles. The van der Waals surface area contributed by atoms with Gasteiger partial charge in [0.25, 0.3) is 0 Å². The van der Waals surface area contributed by atoms with Crippen LogP contribution >= 0.6 is 0 Å². The lowest BCUT2D eigenvalue weighted by Crippen LogP contribution is -2.72. The molecular formula is C86H155N3O37.